The molecule has 0 bridgehead atoms. The van der Waals surface area contributed by atoms with Crippen LogP contribution in [0.4, 0.5) is 4.39 Å². The third kappa shape index (κ3) is 6.43. The van der Waals surface area contributed by atoms with Gasteiger partial charge in [-0.3, -0.25) is 4.90 Å². The first-order valence-electron chi connectivity index (χ1n) is 8.11. The molecule has 1 aromatic rings. The van der Waals surface area contributed by atoms with E-state index in [1.165, 1.54) is 12.1 Å². The minimum absolute atomic E-state index is 0.221. The zero-order valence-electron chi connectivity index (χ0n) is 14.2. The number of nitrogens with one attached hydrogen (secondary N) is 2. The fourth-order valence-corrected chi connectivity index (χ4v) is 2.37. The molecule has 0 amide bonds. The molecule has 0 aliphatic carbocycles. The summed E-state index contributed by atoms with van der Waals surface area (Å²) in [7, 11) is 0. The van der Waals surface area contributed by atoms with E-state index in [0.29, 0.717) is 12.6 Å². The Kier molecular flexibility index (Phi) is 8.51. The standard InChI is InChI=1S/C17H29FN4/c1-5-19-17(20-12-14(4)22(6-2)7-3)21-13-15-9-8-10-16(18)11-15/h8-11,14H,5-7,12-13H2,1-4H3,(H2,19,20,21). The van der Waals surface area contributed by atoms with Crippen molar-refractivity contribution in [2.45, 2.75) is 40.3 Å². The molecule has 0 aromatic heterocycles. The molecule has 1 unspecified atom stereocenters. The zero-order chi connectivity index (χ0) is 16.4. The number of benzene rings is 1. The topological polar surface area (TPSA) is 39.7 Å². The zero-order valence-corrected chi connectivity index (χ0v) is 14.2. The summed E-state index contributed by atoms with van der Waals surface area (Å²) in [6.45, 7) is 12.8. The van der Waals surface area contributed by atoms with Crippen LogP contribution >= 0.6 is 0 Å². The first kappa shape index (κ1) is 18.4. The van der Waals surface area contributed by atoms with Gasteiger partial charge in [0.05, 0.1) is 6.54 Å². The highest BCUT2D eigenvalue weighted by Crippen LogP contribution is 2.04. The van der Waals surface area contributed by atoms with Crippen molar-refractivity contribution in [3.63, 3.8) is 0 Å². The molecular formula is C17H29FN4. The normalized spacial score (nSPS) is 13.3. The molecule has 0 aliphatic heterocycles. The Labute approximate surface area is 133 Å². The van der Waals surface area contributed by atoms with Crippen molar-refractivity contribution in [3.8, 4) is 0 Å². The molecule has 0 radical (unpaired) electrons. The molecule has 0 fully saturated rings. The SMILES string of the molecule is CCNC(=NCc1cccc(F)c1)NCC(C)N(CC)CC. The van der Waals surface area contributed by atoms with Gasteiger partial charge in [0.1, 0.15) is 5.82 Å². The summed E-state index contributed by atoms with van der Waals surface area (Å²) in [5.74, 6) is 0.548. The Morgan fingerprint density at radius 1 is 1.23 bits per heavy atom. The predicted octanol–water partition coefficient (Wildman–Crippen LogP) is 2.61. The molecule has 0 saturated carbocycles. The molecule has 0 spiro atoms. The van der Waals surface area contributed by atoms with Crippen LogP contribution in [0.15, 0.2) is 29.3 Å². The number of hydrogen-bond acceptors (Lipinski definition) is 2. The Hall–Kier alpha value is -1.62. The molecule has 124 valence electrons. The van der Waals surface area contributed by atoms with Gasteiger partial charge >= 0.3 is 0 Å². The molecule has 1 aromatic carbocycles. The van der Waals surface area contributed by atoms with E-state index in [9.17, 15) is 4.39 Å². The van der Waals surface area contributed by atoms with Gasteiger partial charge < -0.3 is 10.6 Å². The van der Waals surface area contributed by atoms with Gasteiger partial charge in [-0.25, -0.2) is 9.38 Å². The van der Waals surface area contributed by atoms with E-state index in [-0.39, 0.29) is 5.82 Å². The summed E-state index contributed by atoms with van der Waals surface area (Å²) in [6, 6.07) is 7.00. The number of hydrogen-bond donors (Lipinski definition) is 2. The minimum Gasteiger partial charge on any atom is -0.357 e. The fraction of sp³-hybridized carbons (Fsp3) is 0.588. The van der Waals surface area contributed by atoms with Gasteiger partial charge in [0.15, 0.2) is 5.96 Å². The molecule has 4 nitrogen and oxygen atoms in total. The van der Waals surface area contributed by atoms with Crippen LogP contribution in [-0.2, 0) is 6.54 Å². The van der Waals surface area contributed by atoms with Crippen molar-refractivity contribution >= 4 is 5.96 Å². The number of rotatable bonds is 8. The van der Waals surface area contributed by atoms with Gasteiger partial charge in [0, 0.05) is 19.1 Å². The van der Waals surface area contributed by atoms with Crippen LogP contribution in [0.5, 0.6) is 0 Å². The second-order valence-corrected chi connectivity index (χ2v) is 5.28. The molecule has 0 saturated heterocycles. The second kappa shape index (κ2) is 10.2. The molecule has 2 N–H and O–H groups in total. The third-order valence-electron chi connectivity index (χ3n) is 3.65. The average Bonchev–Trinajstić information content (AvgIpc) is 2.51. The van der Waals surface area contributed by atoms with Crippen molar-refractivity contribution in [2.75, 3.05) is 26.2 Å². The summed E-state index contributed by atoms with van der Waals surface area (Å²) < 4.78 is 13.2. The van der Waals surface area contributed by atoms with Crippen LogP contribution in [0.25, 0.3) is 0 Å². The Morgan fingerprint density at radius 2 is 1.95 bits per heavy atom. The van der Waals surface area contributed by atoms with Crippen LogP contribution in [0.1, 0.15) is 33.3 Å². The third-order valence-corrected chi connectivity index (χ3v) is 3.65. The van der Waals surface area contributed by atoms with E-state index in [4.69, 9.17) is 0 Å². The molecule has 5 heteroatoms. The van der Waals surface area contributed by atoms with Gasteiger partial charge in [0.2, 0.25) is 0 Å². The lowest BCUT2D eigenvalue weighted by atomic mass is 10.2. The molecule has 0 aliphatic rings. The summed E-state index contributed by atoms with van der Waals surface area (Å²) in [4.78, 5) is 6.91. The van der Waals surface area contributed by atoms with Crippen LogP contribution in [0, 0.1) is 5.82 Å². The predicted molar refractivity (Wildman–Crippen MR) is 91.6 cm³/mol. The number of aliphatic imine (C=N–C) groups is 1. The van der Waals surface area contributed by atoms with Crippen LogP contribution < -0.4 is 10.6 Å². The lowest BCUT2D eigenvalue weighted by Gasteiger charge is -2.27. The monoisotopic (exact) mass is 308 g/mol. The van der Waals surface area contributed by atoms with E-state index >= 15 is 0 Å². The molecule has 22 heavy (non-hydrogen) atoms. The van der Waals surface area contributed by atoms with Crippen LogP contribution in [-0.4, -0.2) is 43.1 Å². The van der Waals surface area contributed by atoms with E-state index in [2.05, 4.69) is 41.3 Å². The van der Waals surface area contributed by atoms with Gasteiger partial charge in [-0.05, 0) is 44.6 Å². The summed E-state index contributed by atoms with van der Waals surface area (Å²) in [5.41, 5.74) is 0.869. The maximum absolute atomic E-state index is 13.2. The maximum Gasteiger partial charge on any atom is 0.191 e. The van der Waals surface area contributed by atoms with Crippen LogP contribution in [0.3, 0.4) is 0 Å². The lowest BCUT2D eigenvalue weighted by molar-refractivity contribution is 0.231. The minimum atomic E-state index is -0.221. The second-order valence-electron chi connectivity index (χ2n) is 5.28. The van der Waals surface area contributed by atoms with Gasteiger partial charge in [-0.15, -0.1) is 0 Å². The Morgan fingerprint density at radius 3 is 2.55 bits per heavy atom. The highest BCUT2D eigenvalue weighted by atomic mass is 19.1. The molecule has 1 rings (SSSR count). The largest absolute Gasteiger partial charge is 0.357 e. The van der Waals surface area contributed by atoms with E-state index < -0.39 is 0 Å². The van der Waals surface area contributed by atoms with Crippen molar-refractivity contribution in [3.05, 3.63) is 35.6 Å². The molecule has 0 heterocycles. The van der Waals surface area contributed by atoms with Crippen LogP contribution in [0.2, 0.25) is 0 Å². The average molecular weight is 308 g/mol. The summed E-state index contributed by atoms with van der Waals surface area (Å²) in [6.07, 6.45) is 0. The fourth-order valence-electron chi connectivity index (χ4n) is 2.37. The Bertz CT molecular complexity index is 458. The quantitative estimate of drug-likeness (QED) is 0.573. The van der Waals surface area contributed by atoms with Gasteiger partial charge in [0.25, 0.3) is 0 Å². The molecule has 1 atom stereocenters. The van der Waals surface area contributed by atoms with Crippen molar-refractivity contribution in [2.24, 2.45) is 4.99 Å². The maximum atomic E-state index is 13.2. The number of guanidine groups is 1. The first-order chi connectivity index (χ1) is 10.6. The highest BCUT2D eigenvalue weighted by molar-refractivity contribution is 5.79. The van der Waals surface area contributed by atoms with Crippen molar-refractivity contribution in [1.29, 1.82) is 0 Å². The van der Waals surface area contributed by atoms with E-state index in [0.717, 1.165) is 37.7 Å². The summed E-state index contributed by atoms with van der Waals surface area (Å²) >= 11 is 0. The lowest BCUT2D eigenvalue weighted by Crippen LogP contribution is -2.45. The number of likely N-dealkylation sites (N-methyl/N-ethyl adjacent to an activating group) is 1. The highest BCUT2D eigenvalue weighted by Gasteiger charge is 2.10. The smallest absolute Gasteiger partial charge is 0.191 e. The van der Waals surface area contributed by atoms with Crippen molar-refractivity contribution in [1.82, 2.24) is 15.5 Å². The van der Waals surface area contributed by atoms with Crippen molar-refractivity contribution < 1.29 is 4.39 Å². The van der Waals surface area contributed by atoms with Gasteiger partial charge in [-0.2, -0.15) is 0 Å². The van der Waals surface area contributed by atoms with E-state index in [1.54, 1.807) is 6.07 Å². The summed E-state index contributed by atoms with van der Waals surface area (Å²) in [5, 5.41) is 6.58. The first-order valence-corrected chi connectivity index (χ1v) is 8.11. The number of halogens is 1. The molecular weight excluding hydrogens is 279 g/mol. The Balaban J connectivity index is 2.58. The van der Waals surface area contributed by atoms with Gasteiger partial charge in [-0.1, -0.05) is 26.0 Å². The number of nitrogens with zero attached hydrogens (tertiary/aromatic N) is 2. The van der Waals surface area contributed by atoms with E-state index in [1.807, 2.05) is 13.0 Å².